The second-order valence-electron chi connectivity index (χ2n) is 10.1. The minimum atomic E-state index is -0.174. The fraction of sp³-hybridized carbons (Fsp3) is 0.333. The van der Waals surface area contributed by atoms with Crippen molar-refractivity contribution in [3.05, 3.63) is 88.4 Å². The number of hydrogen-bond donors (Lipinski definition) is 1. The largest absolute Gasteiger partial charge is 0.479 e. The van der Waals surface area contributed by atoms with Crippen molar-refractivity contribution in [1.29, 1.82) is 0 Å². The Bertz CT molecular complexity index is 1400. The van der Waals surface area contributed by atoms with E-state index in [0.717, 1.165) is 48.9 Å². The molecule has 7 heteroatoms. The molecule has 0 spiro atoms. The van der Waals surface area contributed by atoms with Crippen LogP contribution in [0.5, 0.6) is 5.75 Å². The van der Waals surface area contributed by atoms with Gasteiger partial charge in [0.25, 0.3) is 5.91 Å². The number of thiazole rings is 1. The normalized spacial score (nSPS) is 19.9. The summed E-state index contributed by atoms with van der Waals surface area (Å²) in [5, 5.41) is 8.46. The van der Waals surface area contributed by atoms with E-state index in [9.17, 15) is 4.79 Å². The van der Waals surface area contributed by atoms with Gasteiger partial charge in [-0.25, -0.2) is 4.98 Å². The number of rotatable bonds is 6. The minimum absolute atomic E-state index is 0.0989. The summed E-state index contributed by atoms with van der Waals surface area (Å²) in [5.41, 5.74) is 2.93. The van der Waals surface area contributed by atoms with Gasteiger partial charge in [0.15, 0.2) is 6.10 Å². The number of ether oxygens (including phenoxy) is 1. The van der Waals surface area contributed by atoms with Crippen LogP contribution >= 0.6 is 11.3 Å². The molecule has 3 aromatic carbocycles. The van der Waals surface area contributed by atoms with E-state index >= 15 is 0 Å². The van der Waals surface area contributed by atoms with Gasteiger partial charge in [-0.2, -0.15) is 0 Å². The number of anilines is 1. The zero-order chi connectivity index (χ0) is 25.2. The average molecular weight is 513 g/mol. The molecule has 6 rings (SSSR count). The summed E-state index contributed by atoms with van der Waals surface area (Å²) in [6.07, 6.45) is 2.11. The number of hydrogen-bond acceptors (Lipinski definition) is 6. The minimum Gasteiger partial charge on any atom is -0.479 e. The van der Waals surface area contributed by atoms with E-state index in [1.165, 1.54) is 27.7 Å². The van der Waals surface area contributed by atoms with Gasteiger partial charge >= 0.3 is 0 Å². The molecule has 0 radical (unpaired) electrons. The molecule has 2 aliphatic heterocycles. The summed E-state index contributed by atoms with van der Waals surface area (Å²) in [4.78, 5) is 22.3. The lowest BCUT2D eigenvalue weighted by Crippen LogP contribution is -2.40. The van der Waals surface area contributed by atoms with Crippen LogP contribution in [0.4, 0.5) is 5.69 Å². The molecule has 0 saturated carbocycles. The highest BCUT2D eigenvalue weighted by Gasteiger charge is 2.28. The number of nitrogens with zero attached hydrogens (tertiary/aromatic N) is 3. The molecule has 190 valence electrons. The second kappa shape index (κ2) is 10.5. The van der Waals surface area contributed by atoms with Gasteiger partial charge in [-0.1, -0.05) is 54.6 Å². The van der Waals surface area contributed by atoms with E-state index in [-0.39, 0.29) is 12.0 Å². The molecule has 3 heterocycles. The van der Waals surface area contributed by atoms with E-state index < -0.39 is 0 Å². The highest BCUT2D eigenvalue weighted by Crippen LogP contribution is 2.37. The molecule has 1 amide bonds. The molecule has 2 atom stereocenters. The second-order valence-corrected chi connectivity index (χ2v) is 11.0. The summed E-state index contributed by atoms with van der Waals surface area (Å²) in [5.74, 6) is 1.20. The first-order chi connectivity index (χ1) is 18.1. The Morgan fingerprint density at radius 1 is 1.08 bits per heavy atom. The quantitative estimate of drug-likeness (QED) is 0.369. The molecule has 4 aromatic rings. The molecule has 2 aliphatic rings. The molecule has 1 saturated heterocycles. The SMILES string of the molecule is CN1CC(c2nc(C(=O)NC[C@@H]3CCCN(Cc4cccc5ccccc45)C3)cs2)Oc2ccccc21. The third kappa shape index (κ3) is 5.20. The van der Waals surface area contributed by atoms with Gasteiger partial charge in [0.05, 0.1) is 12.2 Å². The maximum absolute atomic E-state index is 12.9. The topological polar surface area (TPSA) is 57.7 Å². The van der Waals surface area contributed by atoms with Gasteiger partial charge in [0, 0.05) is 32.1 Å². The summed E-state index contributed by atoms with van der Waals surface area (Å²) in [6, 6.07) is 23.2. The molecule has 1 N–H and O–H groups in total. The summed E-state index contributed by atoms with van der Waals surface area (Å²) >= 11 is 1.49. The molecule has 37 heavy (non-hydrogen) atoms. The Labute approximate surface area is 221 Å². The molecular weight excluding hydrogens is 480 g/mol. The summed E-state index contributed by atoms with van der Waals surface area (Å²) in [7, 11) is 2.06. The number of carbonyl (C=O) groups is 1. The molecule has 1 unspecified atom stereocenters. The van der Waals surface area contributed by atoms with Gasteiger partial charge in [0.1, 0.15) is 16.5 Å². The smallest absolute Gasteiger partial charge is 0.270 e. The Hall–Kier alpha value is -3.42. The monoisotopic (exact) mass is 512 g/mol. The Kier molecular flexibility index (Phi) is 6.81. The molecule has 0 aliphatic carbocycles. The Morgan fingerprint density at radius 3 is 2.86 bits per heavy atom. The molecule has 6 nitrogen and oxygen atoms in total. The lowest BCUT2D eigenvalue weighted by molar-refractivity contribution is 0.0926. The molecule has 0 bridgehead atoms. The van der Waals surface area contributed by atoms with Crippen molar-refractivity contribution in [2.45, 2.75) is 25.5 Å². The van der Waals surface area contributed by atoms with Crippen LogP contribution in [0.2, 0.25) is 0 Å². The van der Waals surface area contributed by atoms with Crippen LogP contribution < -0.4 is 15.0 Å². The number of aromatic nitrogens is 1. The van der Waals surface area contributed by atoms with E-state index in [1.54, 1.807) is 0 Å². The molecular formula is C30H32N4O2S. The van der Waals surface area contributed by atoms with Crippen LogP contribution in [-0.4, -0.2) is 49.0 Å². The standard InChI is InChI=1S/C30H32N4O2S/c1-33-19-28(36-27-14-5-4-13-26(27)33)30-32-25(20-37-30)29(35)31-16-21-8-7-15-34(17-21)18-23-11-6-10-22-9-2-3-12-24(22)23/h2-6,9-14,20-21,28H,7-8,15-19H2,1H3,(H,31,35)/t21-,28?/m0/s1. The maximum Gasteiger partial charge on any atom is 0.270 e. The van der Waals surface area contributed by atoms with Crippen molar-refractivity contribution < 1.29 is 9.53 Å². The zero-order valence-electron chi connectivity index (χ0n) is 21.1. The Morgan fingerprint density at radius 2 is 1.92 bits per heavy atom. The highest BCUT2D eigenvalue weighted by atomic mass is 32.1. The number of piperidine rings is 1. The van der Waals surface area contributed by atoms with Crippen molar-refractivity contribution in [3.8, 4) is 5.75 Å². The first-order valence-corrected chi connectivity index (χ1v) is 13.9. The molecule has 1 aromatic heterocycles. The van der Waals surface area contributed by atoms with Gasteiger partial charge in [-0.15, -0.1) is 11.3 Å². The lowest BCUT2D eigenvalue weighted by Gasteiger charge is -2.33. The number of para-hydroxylation sites is 2. The van der Waals surface area contributed by atoms with E-state index in [2.05, 4.69) is 75.7 Å². The van der Waals surface area contributed by atoms with E-state index in [0.29, 0.717) is 24.7 Å². The predicted octanol–water partition coefficient (Wildman–Crippen LogP) is 5.51. The lowest BCUT2D eigenvalue weighted by atomic mass is 9.96. The van der Waals surface area contributed by atoms with Gasteiger partial charge in [-0.05, 0) is 53.8 Å². The Balaban J connectivity index is 1.04. The van der Waals surface area contributed by atoms with Gasteiger partial charge in [-0.3, -0.25) is 9.69 Å². The van der Waals surface area contributed by atoms with Crippen molar-refractivity contribution >= 4 is 33.7 Å². The number of likely N-dealkylation sites (N-methyl/N-ethyl adjacent to an activating group) is 1. The number of benzene rings is 3. The summed E-state index contributed by atoms with van der Waals surface area (Å²) in [6.45, 7) is 4.42. The fourth-order valence-corrected chi connectivity index (χ4v) is 6.36. The molecule has 1 fully saturated rings. The van der Waals surface area contributed by atoms with E-state index in [4.69, 9.17) is 4.74 Å². The highest BCUT2D eigenvalue weighted by molar-refractivity contribution is 7.09. The van der Waals surface area contributed by atoms with Crippen LogP contribution in [0.3, 0.4) is 0 Å². The number of fused-ring (bicyclic) bond motifs is 2. The van der Waals surface area contributed by atoms with Crippen molar-refractivity contribution in [2.75, 3.05) is 38.1 Å². The van der Waals surface area contributed by atoms with Gasteiger partial charge < -0.3 is 15.0 Å². The predicted molar refractivity (Wildman–Crippen MR) is 149 cm³/mol. The number of carbonyl (C=O) groups excluding carboxylic acids is 1. The average Bonchev–Trinajstić information content (AvgIpc) is 3.43. The van der Waals surface area contributed by atoms with E-state index in [1.807, 2.05) is 23.6 Å². The van der Waals surface area contributed by atoms with Crippen molar-refractivity contribution in [3.63, 3.8) is 0 Å². The first-order valence-electron chi connectivity index (χ1n) is 13.0. The number of amides is 1. The third-order valence-corrected chi connectivity index (χ3v) is 8.38. The third-order valence-electron chi connectivity index (χ3n) is 7.44. The first kappa shape index (κ1) is 23.9. The van der Waals surface area contributed by atoms with Crippen LogP contribution in [-0.2, 0) is 6.54 Å². The number of likely N-dealkylation sites (tertiary alicyclic amines) is 1. The van der Waals surface area contributed by atoms with Crippen molar-refractivity contribution in [1.82, 2.24) is 15.2 Å². The fourth-order valence-electron chi connectivity index (χ4n) is 5.54. The summed E-state index contributed by atoms with van der Waals surface area (Å²) < 4.78 is 6.19. The zero-order valence-corrected chi connectivity index (χ0v) is 21.9. The van der Waals surface area contributed by atoms with Crippen LogP contribution in [0, 0.1) is 5.92 Å². The van der Waals surface area contributed by atoms with Crippen molar-refractivity contribution in [2.24, 2.45) is 5.92 Å². The van der Waals surface area contributed by atoms with Crippen LogP contribution in [0.1, 0.15) is 40.0 Å². The van der Waals surface area contributed by atoms with Gasteiger partial charge in [0.2, 0.25) is 0 Å². The number of nitrogens with one attached hydrogen (secondary N) is 1. The van der Waals surface area contributed by atoms with Crippen LogP contribution in [0.25, 0.3) is 10.8 Å². The maximum atomic E-state index is 12.9. The van der Waals surface area contributed by atoms with Crippen LogP contribution in [0.15, 0.2) is 72.1 Å².